The molecule has 6 nitrogen and oxygen atoms in total. The fraction of sp³-hybridized carbons (Fsp3) is 0.667. The van der Waals surface area contributed by atoms with Crippen molar-refractivity contribution in [2.75, 3.05) is 6.54 Å². The predicted octanol–water partition coefficient (Wildman–Crippen LogP) is 0.175. The molecule has 0 aliphatic heterocycles. The lowest BCUT2D eigenvalue weighted by Crippen LogP contribution is -2.27. The summed E-state index contributed by atoms with van der Waals surface area (Å²) in [5, 5.41) is 17.4. The van der Waals surface area contributed by atoms with Crippen LogP contribution in [0.1, 0.15) is 20.3 Å². The minimum absolute atomic E-state index is 0.0200. The number of rotatable bonds is 6. The smallest absolute Gasteiger partial charge is 0.308 e. The second-order valence-electron chi connectivity index (χ2n) is 3.50. The average Bonchev–Trinajstić information content (AvgIpc) is 2.01. The molecule has 0 amide bonds. The summed E-state index contributed by atoms with van der Waals surface area (Å²) in [6.07, 6.45) is -0.184. The molecule has 0 spiro atoms. The first kappa shape index (κ1) is 13.4. The molecule has 15 heavy (non-hydrogen) atoms. The molecular weight excluding hydrogens is 200 g/mol. The van der Waals surface area contributed by atoms with Crippen LogP contribution in [-0.4, -0.2) is 34.5 Å². The fourth-order valence-corrected chi connectivity index (χ4v) is 1.16. The summed E-state index contributed by atoms with van der Waals surface area (Å²) in [7, 11) is 0. The number of hydrogen-bond acceptors (Lipinski definition) is 3. The Labute approximate surface area is 87.8 Å². The van der Waals surface area contributed by atoms with Gasteiger partial charge in [0.05, 0.1) is 18.3 Å². The zero-order chi connectivity index (χ0) is 12.0. The number of carboxylic acid groups (broad SMARTS) is 2. The van der Waals surface area contributed by atoms with Gasteiger partial charge in [-0.3, -0.25) is 14.6 Å². The van der Waals surface area contributed by atoms with Crippen LogP contribution in [0.25, 0.3) is 0 Å². The Morgan fingerprint density at radius 2 is 1.93 bits per heavy atom. The molecule has 2 atom stereocenters. The maximum Gasteiger partial charge on any atom is 0.308 e. The van der Waals surface area contributed by atoms with E-state index in [-0.39, 0.29) is 13.0 Å². The highest BCUT2D eigenvalue weighted by atomic mass is 16.4. The molecule has 0 aromatic rings. The van der Waals surface area contributed by atoms with E-state index in [1.165, 1.54) is 0 Å². The number of carboxylic acids is 2. The maximum atomic E-state index is 10.8. The van der Waals surface area contributed by atoms with Crippen molar-refractivity contribution in [3.8, 4) is 0 Å². The van der Waals surface area contributed by atoms with Gasteiger partial charge >= 0.3 is 11.9 Å². The van der Waals surface area contributed by atoms with Crippen molar-refractivity contribution >= 4 is 17.8 Å². The maximum absolute atomic E-state index is 10.8. The molecule has 0 saturated heterocycles. The molecule has 0 heterocycles. The van der Waals surface area contributed by atoms with Crippen LogP contribution in [0.5, 0.6) is 0 Å². The number of carbonyl (C=O) groups is 2. The molecule has 0 radical (unpaired) electrons. The van der Waals surface area contributed by atoms with E-state index >= 15 is 0 Å². The third-order valence-electron chi connectivity index (χ3n) is 2.04. The van der Waals surface area contributed by atoms with E-state index in [0.29, 0.717) is 5.84 Å². The number of aliphatic carboxylic acids is 2. The summed E-state index contributed by atoms with van der Waals surface area (Å²) in [4.78, 5) is 25.0. The SMILES string of the molecule is CC(N)=NCC(C(=O)O)C(C)CC(=O)O. The van der Waals surface area contributed by atoms with Crippen LogP contribution >= 0.6 is 0 Å². The van der Waals surface area contributed by atoms with Gasteiger partial charge in [-0.2, -0.15) is 0 Å². The second-order valence-corrected chi connectivity index (χ2v) is 3.50. The molecule has 0 saturated carbocycles. The minimum atomic E-state index is -1.05. The van der Waals surface area contributed by atoms with E-state index < -0.39 is 23.8 Å². The van der Waals surface area contributed by atoms with Crippen LogP contribution in [0.3, 0.4) is 0 Å². The van der Waals surface area contributed by atoms with Gasteiger partial charge in [-0.05, 0) is 12.8 Å². The van der Waals surface area contributed by atoms with E-state index in [1.54, 1.807) is 13.8 Å². The van der Waals surface area contributed by atoms with Crippen LogP contribution in [0, 0.1) is 11.8 Å². The number of hydrogen-bond donors (Lipinski definition) is 3. The molecule has 0 aromatic carbocycles. The number of nitrogens with zero attached hydrogens (tertiary/aromatic N) is 1. The van der Waals surface area contributed by atoms with Gasteiger partial charge in [-0.25, -0.2) is 0 Å². The van der Waals surface area contributed by atoms with Crippen LogP contribution in [0.15, 0.2) is 4.99 Å². The first-order valence-corrected chi connectivity index (χ1v) is 4.55. The monoisotopic (exact) mass is 216 g/mol. The van der Waals surface area contributed by atoms with Crippen LogP contribution in [-0.2, 0) is 9.59 Å². The lowest BCUT2D eigenvalue weighted by atomic mass is 9.91. The van der Waals surface area contributed by atoms with Crippen molar-refractivity contribution in [3.63, 3.8) is 0 Å². The zero-order valence-corrected chi connectivity index (χ0v) is 8.80. The van der Waals surface area contributed by atoms with E-state index in [9.17, 15) is 9.59 Å². The van der Waals surface area contributed by atoms with Gasteiger partial charge in [0.15, 0.2) is 0 Å². The molecule has 0 fully saturated rings. The first-order valence-electron chi connectivity index (χ1n) is 4.55. The molecule has 2 unspecified atom stereocenters. The Kier molecular flexibility index (Phi) is 5.36. The summed E-state index contributed by atoms with van der Waals surface area (Å²) in [6, 6.07) is 0. The third-order valence-corrected chi connectivity index (χ3v) is 2.04. The van der Waals surface area contributed by atoms with Crippen LogP contribution < -0.4 is 5.73 Å². The molecular formula is C9H16N2O4. The Bertz CT molecular complexity index is 271. The number of aliphatic imine (C=N–C) groups is 1. The summed E-state index contributed by atoms with van der Waals surface area (Å²) >= 11 is 0. The van der Waals surface area contributed by atoms with Gasteiger partial charge in [-0.1, -0.05) is 6.92 Å². The lowest BCUT2D eigenvalue weighted by Gasteiger charge is -2.16. The van der Waals surface area contributed by atoms with E-state index in [1.807, 2.05) is 0 Å². The van der Waals surface area contributed by atoms with E-state index in [0.717, 1.165) is 0 Å². The molecule has 4 N–H and O–H groups in total. The first-order chi connectivity index (χ1) is 6.84. The summed E-state index contributed by atoms with van der Waals surface area (Å²) in [5.74, 6) is -3.04. The van der Waals surface area contributed by atoms with Gasteiger partial charge in [0, 0.05) is 6.42 Å². The largest absolute Gasteiger partial charge is 0.481 e. The van der Waals surface area contributed by atoms with Crippen molar-refractivity contribution < 1.29 is 19.8 Å². The Hall–Kier alpha value is -1.59. The quantitative estimate of drug-likeness (QED) is 0.433. The van der Waals surface area contributed by atoms with Crippen molar-refractivity contribution in [1.29, 1.82) is 0 Å². The van der Waals surface area contributed by atoms with Gasteiger partial charge in [-0.15, -0.1) is 0 Å². The van der Waals surface area contributed by atoms with Crippen LogP contribution in [0.2, 0.25) is 0 Å². The summed E-state index contributed by atoms with van der Waals surface area (Å²) < 4.78 is 0. The highest BCUT2D eigenvalue weighted by molar-refractivity contribution is 5.78. The van der Waals surface area contributed by atoms with E-state index in [2.05, 4.69) is 4.99 Å². The van der Waals surface area contributed by atoms with Gasteiger partial charge < -0.3 is 15.9 Å². The third kappa shape index (κ3) is 5.66. The summed E-state index contributed by atoms with van der Waals surface area (Å²) in [6.45, 7) is 3.15. The standard InChI is InChI=1S/C9H16N2O4/c1-5(3-8(12)13)7(9(14)15)4-11-6(2)10/h5,7H,3-4H2,1-2H3,(H2,10,11)(H,12,13)(H,14,15). The predicted molar refractivity (Wildman–Crippen MR) is 54.7 cm³/mol. The zero-order valence-electron chi connectivity index (χ0n) is 8.80. The van der Waals surface area contributed by atoms with Gasteiger partial charge in [0.25, 0.3) is 0 Å². The second kappa shape index (κ2) is 6.00. The highest BCUT2D eigenvalue weighted by Gasteiger charge is 2.26. The molecule has 86 valence electrons. The van der Waals surface area contributed by atoms with Crippen molar-refractivity contribution in [3.05, 3.63) is 0 Å². The van der Waals surface area contributed by atoms with Crippen molar-refractivity contribution in [2.45, 2.75) is 20.3 Å². The Balaban J connectivity index is 4.45. The number of amidine groups is 1. The lowest BCUT2D eigenvalue weighted by molar-refractivity contribution is -0.144. The van der Waals surface area contributed by atoms with Crippen LogP contribution in [0.4, 0.5) is 0 Å². The Morgan fingerprint density at radius 1 is 1.40 bits per heavy atom. The molecule has 0 aliphatic carbocycles. The topological polar surface area (TPSA) is 113 Å². The molecule has 6 heteroatoms. The fourth-order valence-electron chi connectivity index (χ4n) is 1.16. The Morgan fingerprint density at radius 3 is 2.27 bits per heavy atom. The molecule has 0 aromatic heterocycles. The number of nitrogens with two attached hydrogens (primary N) is 1. The summed E-state index contributed by atoms with van der Waals surface area (Å²) in [5.41, 5.74) is 5.28. The molecule has 0 bridgehead atoms. The molecule has 0 aliphatic rings. The van der Waals surface area contributed by atoms with E-state index in [4.69, 9.17) is 15.9 Å². The average molecular weight is 216 g/mol. The molecule has 0 rings (SSSR count). The van der Waals surface area contributed by atoms with Crippen molar-refractivity contribution in [2.24, 2.45) is 22.6 Å². The highest BCUT2D eigenvalue weighted by Crippen LogP contribution is 2.16. The normalized spacial score (nSPS) is 15.7. The van der Waals surface area contributed by atoms with Crippen molar-refractivity contribution in [1.82, 2.24) is 0 Å². The van der Waals surface area contributed by atoms with Gasteiger partial charge in [0.2, 0.25) is 0 Å². The van der Waals surface area contributed by atoms with Gasteiger partial charge in [0.1, 0.15) is 0 Å². The minimum Gasteiger partial charge on any atom is -0.481 e.